The van der Waals surface area contributed by atoms with Gasteiger partial charge in [-0.2, -0.15) is 0 Å². The lowest BCUT2D eigenvalue weighted by atomic mass is 9.70. The van der Waals surface area contributed by atoms with Crippen molar-refractivity contribution >= 4 is 27.6 Å². The number of benzene rings is 1. The van der Waals surface area contributed by atoms with Crippen molar-refractivity contribution < 1.29 is 9.90 Å². The molecule has 1 aliphatic rings. The van der Waals surface area contributed by atoms with Crippen LogP contribution in [0.5, 0.6) is 0 Å². The molecule has 2 rings (SSSR count). The first-order chi connectivity index (χ1) is 7.98. The average Bonchev–Trinajstić information content (AvgIpc) is 2.23. The molecule has 0 heterocycles. The SMILES string of the molecule is CC1(CNc2cc(Br)cc(C(=O)O)c2)CCC1. The molecule has 0 unspecified atom stereocenters. The minimum atomic E-state index is -0.899. The third-order valence-electron chi connectivity index (χ3n) is 3.42. The molecule has 0 aromatic heterocycles. The van der Waals surface area contributed by atoms with Crippen LogP contribution >= 0.6 is 15.9 Å². The summed E-state index contributed by atoms with van der Waals surface area (Å²) in [7, 11) is 0. The smallest absolute Gasteiger partial charge is 0.335 e. The first kappa shape index (κ1) is 12.4. The predicted molar refractivity (Wildman–Crippen MR) is 71.5 cm³/mol. The molecule has 0 bridgehead atoms. The van der Waals surface area contributed by atoms with E-state index >= 15 is 0 Å². The topological polar surface area (TPSA) is 49.3 Å². The van der Waals surface area contributed by atoms with Gasteiger partial charge in [0.2, 0.25) is 0 Å². The lowest BCUT2D eigenvalue weighted by Gasteiger charge is -2.38. The molecule has 0 spiro atoms. The number of rotatable bonds is 4. The van der Waals surface area contributed by atoms with Gasteiger partial charge < -0.3 is 10.4 Å². The molecule has 1 aromatic rings. The Morgan fingerprint density at radius 3 is 2.71 bits per heavy atom. The molecule has 1 aromatic carbocycles. The van der Waals surface area contributed by atoms with Gasteiger partial charge in [-0.15, -0.1) is 0 Å². The maximum Gasteiger partial charge on any atom is 0.335 e. The molecule has 0 aliphatic heterocycles. The van der Waals surface area contributed by atoms with Gasteiger partial charge in [-0.25, -0.2) is 4.79 Å². The maximum atomic E-state index is 10.9. The molecule has 0 radical (unpaired) electrons. The Hall–Kier alpha value is -1.03. The van der Waals surface area contributed by atoms with Crippen molar-refractivity contribution in [3.63, 3.8) is 0 Å². The van der Waals surface area contributed by atoms with Crippen molar-refractivity contribution in [2.24, 2.45) is 5.41 Å². The molecule has 2 N–H and O–H groups in total. The van der Waals surface area contributed by atoms with Gasteiger partial charge in [0.25, 0.3) is 0 Å². The molecule has 92 valence electrons. The van der Waals surface area contributed by atoms with Gasteiger partial charge in [-0.05, 0) is 36.5 Å². The Kier molecular flexibility index (Phi) is 3.43. The molecular formula is C13H16BrNO2. The Balaban J connectivity index is 2.07. The van der Waals surface area contributed by atoms with Crippen LogP contribution in [0.3, 0.4) is 0 Å². The molecule has 3 nitrogen and oxygen atoms in total. The van der Waals surface area contributed by atoms with Gasteiger partial charge in [0, 0.05) is 16.7 Å². The standard InChI is InChI=1S/C13H16BrNO2/c1-13(3-2-4-13)8-15-11-6-9(12(16)17)5-10(14)7-11/h5-7,15H,2-4,8H2,1H3,(H,16,17). The van der Waals surface area contributed by atoms with Crippen LogP contribution in [0.4, 0.5) is 5.69 Å². The van der Waals surface area contributed by atoms with E-state index in [-0.39, 0.29) is 0 Å². The minimum absolute atomic E-state index is 0.306. The molecular weight excluding hydrogens is 282 g/mol. The number of carboxylic acids is 1. The third-order valence-corrected chi connectivity index (χ3v) is 3.88. The summed E-state index contributed by atoms with van der Waals surface area (Å²) in [6, 6.07) is 5.20. The van der Waals surface area contributed by atoms with Gasteiger partial charge in [0.1, 0.15) is 0 Å². The quantitative estimate of drug-likeness (QED) is 0.890. The van der Waals surface area contributed by atoms with E-state index in [0.29, 0.717) is 11.0 Å². The van der Waals surface area contributed by atoms with Crippen LogP contribution in [0, 0.1) is 5.41 Å². The van der Waals surface area contributed by atoms with Crippen molar-refractivity contribution in [1.29, 1.82) is 0 Å². The number of carbonyl (C=O) groups is 1. The summed E-state index contributed by atoms with van der Waals surface area (Å²) in [5, 5.41) is 12.3. The van der Waals surface area contributed by atoms with Crippen LogP contribution in [0.2, 0.25) is 0 Å². The van der Waals surface area contributed by atoms with Gasteiger partial charge in [-0.1, -0.05) is 29.3 Å². The summed E-state index contributed by atoms with van der Waals surface area (Å²) in [6.45, 7) is 3.17. The van der Waals surface area contributed by atoms with E-state index in [1.54, 1.807) is 12.1 Å². The highest BCUT2D eigenvalue weighted by Gasteiger charge is 2.31. The Morgan fingerprint density at radius 1 is 1.47 bits per heavy atom. The van der Waals surface area contributed by atoms with Crippen LogP contribution in [-0.4, -0.2) is 17.6 Å². The van der Waals surface area contributed by atoms with Gasteiger partial charge >= 0.3 is 5.97 Å². The number of halogens is 1. The fourth-order valence-corrected chi connectivity index (χ4v) is 2.58. The first-order valence-electron chi connectivity index (χ1n) is 5.76. The molecule has 17 heavy (non-hydrogen) atoms. The second-order valence-electron chi connectivity index (χ2n) is 5.05. The lowest BCUT2D eigenvalue weighted by Crippen LogP contribution is -2.33. The highest BCUT2D eigenvalue weighted by Crippen LogP contribution is 2.40. The number of anilines is 1. The van der Waals surface area contributed by atoms with Crippen molar-refractivity contribution in [2.45, 2.75) is 26.2 Å². The molecule has 0 saturated heterocycles. The third kappa shape index (κ3) is 3.00. The minimum Gasteiger partial charge on any atom is -0.478 e. The van der Waals surface area contributed by atoms with Gasteiger partial charge in [0.05, 0.1) is 5.56 Å². The van der Waals surface area contributed by atoms with Gasteiger partial charge in [0.15, 0.2) is 0 Å². The fourth-order valence-electron chi connectivity index (χ4n) is 2.09. The van der Waals surface area contributed by atoms with Gasteiger partial charge in [-0.3, -0.25) is 0 Å². The summed E-state index contributed by atoms with van der Waals surface area (Å²) in [6.07, 6.45) is 3.80. The summed E-state index contributed by atoms with van der Waals surface area (Å²) >= 11 is 3.33. The van der Waals surface area contributed by atoms with Crippen LogP contribution in [0.1, 0.15) is 36.5 Å². The monoisotopic (exact) mass is 297 g/mol. The van der Waals surface area contributed by atoms with E-state index in [0.717, 1.165) is 16.7 Å². The number of nitrogens with one attached hydrogen (secondary N) is 1. The van der Waals surface area contributed by atoms with Crippen molar-refractivity contribution in [1.82, 2.24) is 0 Å². The van der Waals surface area contributed by atoms with E-state index in [9.17, 15) is 4.79 Å². The number of hydrogen-bond acceptors (Lipinski definition) is 2. The summed E-state index contributed by atoms with van der Waals surface area (Å²) in [5.41, 5.74) is 1.55. The highest BCUT2D eigenvalue weighted by atomic mass is 79.9. The normalized spacial score (nSPS) is 17.3. The van der Waals surface area contributed by atoms with Crippen LogP contribution in [-0.2, 0) is 0 Å². The lowest BCUT2D eigenvalue weighted by molar-refractivity contribution is 0.0697. The van der Waals surface area contributed by atoms with E-state index in [2.05, 4.69) is 28.2 Å². The number of carboxylic acid groups (broad SMARTS) is 1. The fraction of sp³-hybridized carbons (Fsp3) is 0.462. The summed E-state index contributed by atoms with van der Waals surface area (Å²) in [5.74, 6) is -0.899. The zero-order valence-electron chi connectivity index (χ0n) is 9.79. The zero-order valence-corrected chi connectivity index (χ0v) is 11.4. The van der Waals surface area contributed by atoms with E-state index in [1.165, 1.54) is 19.3 Å². The molecule has 1 saturated carbocycles. The van der Waals surface area contributed by atoms with Crippen LogP contribution in [0.15, 0.2) is 22.7 Å². The molecule has 1 fully saturated rings. The van der Waals surface area contributed by atoms with E-state index < -0.39 is 5.97 Å². The van der Waals surface area contributed by atoms with Crippen LogP contribution in [0.25, 0.3) is 0 Å². The van der Waals surface area contributed by atoms with E-state index in [4.69, 9.17) is 5.11 Å². The first-order valence-corrected chi connectivity index (χ1v) is 6.56. The molecule has 1 aliphatic carbocycles. The molecule has 4 heteroatoms. The zero-order chi connectivity index (χ0) is 12.5. The Morgan fingerprint density at radius 2 is 2.18 bits per heavy atom. The maximum absolute atomic E-state index is 10.9. The Bertz CT molecular complexity index is 441. The summed E-state index contributed by atoms with van der Waals surface area (Å²) in [4.78, 5) is 10.9. The number of hydrogen-bond donors (Lipinski definition) is 2. The second kappa shape index (κ2) is 4.69. The van der Waals surface area contributed by atoms with E-state index in [1.807, 2.05) is 6.07 Å². The number of aromatic carboxylic acids is 1. The second-order valence-corrected chi connectivity index (χ2v) is 5.97. The molecule has 0 amide bonds. The molecule has 0 atom stereocenters. The van der Waals surface area contributed by atoms with Crippen molar-refractivity contribution in [3.8, 4) is 0 Å². The largest absolute Gasteiger partial charge is 0.478 e. The Labute approximate surface area is 109 Å². The van der Waals surface area contributed by atoms with Crippen molar-refractivity contribution in [2.75, 3.05) is 11.9 Å². The average molecular weight is 298 g/mol. The van der Waals surface area contributed by atoms with Crippen LogP contribution < -0.4 is 5.32 Å². The summed E-state index contributed by atoms with van der Waals surface area (Å²) < 4.78 is 0.790. The predicted octanol–water partition coefficient (Wildman–Crippen LogP) is 3.75. The van der Waals surface area contributed by atoms with Crippen molar-refractivity contribution in [3.05, 3.63) is 28.2 Å². The highest BCUT2D eigenvalue weighted by molar-refractivity contribution is 9.10.